The monoisotopic (exact) mass is 280 g/mol. The molecule has 0 bridgehead atoms. The van der Waals surface area contributed by atoms with E-state index in [2.05, 4.69) is 4.90 Å². The molecule has 1 heterocycles. The summed E-state index contributed by atoms with van der Waals surface area (Å²) < 4.78 is 16.3. The van der Waals surface area contributed by atoms with Crippen LogP contribution in [0.1, 0.15) is 12.8 Å². The maximum Gasteiger partial charge on any atom is 0.162 e. The minimum Gasteiger partial charge on any atom is -0.493 e. The van der Waals surface area contributed by atoms with Crippen molar-refractivity contribution in [3.05, 3.63) is 18.2 Å². The smallest absolute Gasteiger partial charge is 0.162 e. The Kier molecular flexibility index (Phi) is 5.95. The van der Waals surface area contributed by atoms with Crippen molar-refractivity contribution in [1.82, 2.24) is 4.90 Å². The molecule has 0 radical (unpaired) electrons. The van der Waals surface area contributed by atoms with Crippen molar-refractivity contribution >= 4 is 5.69 Å². The van der Waals surface area contributed by atoms with E-state index in [0.29, 0.717) is 18.0 Å². The van der Waals surface area contributed by atoms with Gasteiger partial charge in [-0.05, 0) is 31.5 Å². The van der Waals surface area contributed by atoms with Crippen molar-refractivity contribution in [2.45, 2.75) is 12.8 Å². The molecule has 1 aromatic carbocycles. The van der Waals surface area contributed by atoms with Crippen LogP contribution in [0.3, 0.4) is 0 Å². The fraction of sp³-hybridized carbons (Fsp3) is 0.600. The minimum atomic E-state index is 0.682. The molecule has 5 heteroatoms. The SMILES string of the molecule is COc1cc(N)ccc1OCCCCN1CCOCC1. The number of anilines is 1. The Labute approximate surface area is 120 Å². The van der Waals surface area contributed by atoms with Crippen LogP contribution in [0.15, 0.2) is 18.2 Å². The maximum atomic E-state index is 5.75. The van der Waals surface area contributed by atoms with Crippen molar-refractivity contribution < 1.29 is 14.2 Å². The number of unbranched alkanes of at least 4 members (excludes halogenated alkanes) is 1. The highest BCUT2D eigenvalue weighted by molar-refractivity contribution is 5.51. The van der Waals surface area contributed by atoms with Gasteiger partial charge in [-0.2, -0.15) is 0 Å². The summed E-state index contributed by atoms with van der Waals surface area (Å²) in [6.45, 7) is 5.63. The van der Waals surface area contributed by atoms with Gasteiger partial charge in [-0.3, -0.25) is 4.90 Å². The van der Waals surface area contributed by atoms with E-state index in [1.165, 1.54) is 0 Å². The third-order valence-corrected chi connectivity index (χ3v) is 3.42. The number of morpholine rings is 1. The van der Waals surface area contributed by atoms with Crippen LogP contribution in [-0.2, 0) is 4.74 Å². The lowest BCUT2D eigenvalue weighted by Gasteiger charge is -2.26. The lowest BCUT2D eigenvalue weighted by molar-refractivity contribution is 0.0368. The van der Waals surface area contributed by atoms with Crippen LogP contribution in [0.25, 0.3) is 0 Å². The first kappa shape index (κ1) is 14.9. The van der Waals surface area contributed by atoms with Crippen LogP contribution in [-0.4, -0.2) is 51.5 Å². The molecule has 112 valence electrons. The largest absolute Gasteiger partial charge is 0.493 e. The number of rotatable bonds is 7. The second-order valence-corrected chi connectivity index (χ2v) is 4.92. The van der Waals surface area contributed by atoms with Gasteiger partial charge >= 0.3 is 0 Å². The molecule has 0 aliphatic carbocycles. The Morgan fingerprint density at radius 3 is 2.75 bits per heavy atom. The molecule has 1 aliphatic rings. The number of nitrogens with zero attached hydrogens (tertiary/aromatic N) is 1. The van der Waals surface area contributed by atoms with E-state index in [9.17, 15) is 0 Å². The fourth-order valence-corrected chi connectivity index (χ4v) is 2.25. The van der Waals surface area contributed by atoms with Crippen molar-refractivity contribution in [3.8, 4) is 11.5 Å². The second kappa shape index (κ2) is 7.97. The Balaban J connectivity index is 1.65. The molecule has 1 aliphatic heterocycles. The summed E-state index contributed by atoms with van der Waals surface area (Å²) >= 11 is 0. The molecule has 5 nitrogen and oxygen atoms in total. The molecule has 0 saturated carbocycles. The van der Waals surface area contributed by atoms with Gasteiger partial charge in [0.25, 0.3) is 0 Å². The molecule has 0 atom stereocenters. The summed E-state index contributed by atoms with van der Waals surface area (Å²) in [6.07, 6.45) is 2.17. The lowest BCUT2D eigenvalue weighted by atomic mass is 10.2. The Morgan fingerprint density at radius 1 is 1.20 bits per heavy atom. The summed E-state index contributed by atoms with van der Waals surface area (Å²) in [5.74, 6) is 1.45. The van der Waals surface area contributed by atoms with E-state index < -0.39 is 0 Å². The highest BCUT2D eigenvalue weighted by Gasteiger charge is 2.09. The Hall–Kier alpha value is -1.46. The number of hydrogen-bond acceptors (Lipinski definition) is 5. The molecule has 20 heavy (non-hydrogen) atoms. The van der Waals surface area contributed by atoms with Crippen molar-refractivity contribution in [2.24, 2.45) is 0 Å². The predicted octanol–water partition coefficient (Wildman–Crippen LogP) is 1.77. The molecular formula is C15H24N2O3. The summed E-state index contributed by atoms with van der Waals surface area (Å²) in [5.41, 5.74) is 6.39. The first-order valence-electron chi connectivity index (χ1n) is 7.16. The Morgan fingerprint density at radius 2 is 2.00 bits per heavy atom. The predicted molar refractivity (Wildman–Crippen MR) is 79.4 cm³/mol. The van der Waals surface area contributed by atoms with Crippen LogP contribution in [0.4, 0.5) is 5.69 Å². The molecule has 0 amide bonds. The third kappa shape index (κ3) is 4.58. The van der Waals surface area contributed by atoms with Crippen molar-refractivity contribution in [2.75, 3.05) is 52.3 Å². The number of methoxy groups -OCH3 is 1. The van der Waals surface area contributed by atoms with Crippen molar-refractivity contribution in [3.63, 3.8) is 0 Å². The average molecular weight is 280 g/mol. The first-order valence-corrected chi connectivity index (χ1v) is 7.16. The van der Waals surface area contributed by atoms with E-state index in [1.807, 2.05) is 12.1 Å². The molecule has 1 saturated heterocycles. The normalized spacial score (nSPS) is 16.1. The molecule has 0 spiro atoms. The van der Waals surface area contributed by atoms with Gasteiger partial charge in [0, 0.05) is 24.8 Å². The minimum absolute atomic E-state index is 0.682. The van der Waals surface area contributed by atoms with E-state index in [0.717, 1.165) is 51.4 Å². The van der Waals surface area contributed by atoms with Gasteiger partial charge in [0.2, 0.25) is 0 Å². The van der Waals surface area contributed by atoms with Gasteiger partial charge in [0.05, 0.1) is 26.9 Å². The summed E-state index contributed by atoms with van der Waals surface area (Å²) in [7, 11) is 1.63. The standard InChI is InChI=1S/C15H24N2O3/c1-18-15-12-13(16)4-5-14(15)20-9-3-2-6-17-7-10-19-11-8-17/h4-5,12H,2-3,6-11,16H2,1H3. The van der Waals surface area contributed by atoms with Crippen LogP contribution < -0.4 is 15.2 Å². The Bertz CT molecular complexity index is 406. The fourth-order valence-electron chi connectivity index (χ4n) is 2.25. The van der Waals surface area contributed by atoms with Gasteiger partial charge in [-0.1, -0.05) is 0 Å². The first-order chi connectivity index (χ1) is 9.79. The molecular weight excluding hydrogens is 256 g/mol. The van der Waals surface area contributed by atoms with Crippen molar-refractivity contribution in [1.29, 1.82) is 0 Å². The van der Waals surface area contributed by atoms with Gasteiger partial charge in [0.1, 0.15) is 0 Å². The zero-order valence-electron chi connectivity index (χ0n) is 12.1. The zero-order valence-corrected chi connectivity index (χ0v) is 12.1. The van der Waals surface area contributed by atoms with E-state index in [-0.39, 0.29) is 0 Å². The van der Waals surface area contributed by atoms with E-state index >= 15 is 0 Å². The highest BCUT2D eigenvalue weighted by atomic mass is 16.5. The number of hydrogen-bond donors (Lipinski definition) is 1. The third-order valence-electron chi connectivity index (χ3n) is 3.42. The molecule has 2 rings (SSSR count). The second-order valence-electron chi connectivity index (χ2n) is 4.92. The zero-order chi connectivity index (χ0) is 14.2. The summed E-state index contributed by atoms with van der Waals surface area (Å²) in [6, 6.07) is 5.46. The maximum absolute atomic E-state index is 5.75. The van der Waals surface area contributed by atoms with E-state index in [4.69, 9.17) is 19.9 Å². The topological polar surface area (TPSA) is 57.0 Å². The lowest BCUT2D eigenvalue weighted by Crippen LogP contribution is -2.36. The molecule has 1 aromatic rings. The average Bonchev–Trinajstić information content (AvgIpc) is 2.49. The summed E-state index contributed by atoms with van der Waals surface area (Å²) in [4.78, 5) is 2.44. The van der Waals surface area contributed by atoms with Gasteiger partial charge in [0.15, 0.2) is 11.5 Å². The van der Waals surface area contributed by atoms with Crippen LogP contribution in [0.2, 0.25) is 0 Å². The quantitative estimate of drug-likeness (QED) is 0.609. The number of benzene rings is 1. The molecule has 0 aromatic heterocycles. The van der Waals surface area contributed by atoms with Gasteiger partial charge in [-0.25, -0.2) is 0 Å². The van der Waals surface area contributed by atoms with Gasteiger partial charge in [-0.15, -0.1) is 0 Å². The highest BCUT2D eigenvalue weighted by Crippen LogP contribution is 2.29. The molecule has 2 N–H and O–H groups in total. The van der Waals surface area contributed by atoms with Crippen LogP contribution in [0, 0.1) is 0 Å². The van der Waals surface area contributed by atoms with Crippen LogP contribution >= 0.6 is 0 Å². The van der Waals surface area contributed by atoms with Gasteiger partial charge < -0.3 is 19.9 Å². The van der Waals surface area contributed by atoms with Crippen LogP contribution in [0.5, 0.6) is 11.5 Å². The summed E-state index contributed by atoms with van der Waals surface area (Å²) in [5, 5.41) is 0. The number of ether oxygens (including phenoxy) is 3. The number of nitrogens with two attached hydrogens (primary N) is 1. The molecule has 1 fully saturated rings. The molecule has 0 unspecified atom stereocenters. The van der Waals surface area contributed by atoms with E-state index in [1.54, 1.807) is 13.2 Å². The number of nitrogen functional groups attached to an aromatic ring is 1.